The van der Waals surface area contributed by atoms with Crippen molar-refractivity contribution in [2.75, 3.05) is 0 Å². The predicted octanol–water partition coefficient (Wildman–Crippen LogP) is 5.57. The standard InChI is InChI=1S/C24H28O6/c1-4-7-8-9-22(27-29-23(25)20-14-10-18(5-2)11-15-20)28-30-24(26)21-16-12-19(6-3)13-17-21/h10-17H,1,4-9H2,2-3H3. The fraction of sp³-hybridized carbons (Fsp3) is 0.333. The van der Waals surface area contributed by atoms with Gasteiger partial charge in [-0.05, 0) is 54.7 Å². The van der Waals surface area contributed by atoms with Crippen LogP contribution in [0.4, 0.5) is 0 Å². The third-order valence-corrected chi connectivity index (χ3v) is 4.50. The molecule has 30 heavy (non-hydrogen) atoms. The third-order valence-electron chi connectivity index (χ3n) is 4.50. The summed E-state index contributed by atoms with van der Waals surface area (Å²) in [6.45, 7) is 7.83. The summed E-state index contributed by atoms with van der Waals surface area (Å²) in [6, 6.07) is 14.0. The highest BCUT2D eigenvalue weighted by Crippen LogP contribution is 2.19. The van der Waals surface area contributed by atoms with Crippen molar-refractivity contribution in [3.8, 4) is 0 Å². The lowest BCUT2D eigenvalue weighted by atomic mass is 10.1. The topological polar surface area (TPSA) is 71.1 Å². The highest BCUT2D eigenvalue weighted by molar-refractivity contribution is 5.89. The monoisotopic (exact) mass is 412 g/mol. The average Bonchev–Trinajstić information content (AvgIpc) is 2.80. The number of hydrogen-bond acceptors (Lipinski definition) is 6. The van der Waals surface area contributed by atoms with Crippen LogP contribution in [0, 0.1) is 13.2 Å². The SMILES string of the molecule is [CH2]CCCC[C](OOC(=O)c1ccc(CC)cc1)OOC(=O)c1ccc(CC)cc1. The van der Waals surface area contributed by atoms with E-state index in [1.165, 1.54) is 0 Å². The second-order valence-corrected chi connectivity index (χ2v) is 6.69. The Morgan fingerprint density at radius 2 is 1.13 bits per heavy atom. The van der Waals surface area contributed by atoms with Gasteiger partial charge in [0.1, 0.15) is 0 Å². The van der Waals surface area contributed by atoms with Crippen molar-refractivity contribution in [1.29, 1.82) is 0 Å². The molecule has 2 rings (SSSR count). The molecule has 0 aliphatic heterocycles. The van der Waals surface area contributed by atoms with Crippen LogP contribution in [-0.2, 0) is 32.4 Å². The molecule has 0 aliphatic carbocycles. The normalized spacial score (nSPS) is 10.8. The van der Waals surface area contributed by atoms with Gasteiger partial charge in [-0.15, -0.1) is 9.78 Å². The fourth-order valence-electron chi connectivity index (χ4n) is 2.56. The van der Waals surface area contributed by atoms with Crippen molar-refractivity contribution in [2.24, 2.45) is 0 Å². The molecule has 0 amide bonds. The van der Waals surface area contributed by atoms with Crippen LogP contribution in [0.1, 0.15) is 71.4 Å². The minimum absolute atomic E-state index is 0.111. The predicted molar refractivity (Wildman–Crippen MR) is 112 cm³/mol. The second kappa shape index (κ2) is 12.8. The lowest BCUT2D eigenvalue weighted by molar-refractivity contribution is -0.363. The molecule has 0 saturated heterocycles. The second-order valence-electron chi connectivity index (χ2n) is 6.69. The molecule has 0 fully saturated rings. The molecule has 2 aromatic rings. The summed E-state index contributed by atoms with van der Waals surface area (Å²) in [6.07, 6.45) is 4.15. The largest absolute Gasteiger partial charge is 0.373 e. The van der Waals surface area contributed by atoms with E-state index in [0.717, 1.165) is 36.8 Å². The molecule has 0 spiro atoms. The van der Waals surface area contributed by atoms with Crippen LogP contribution >= 0.6 is 0 Å². The quantitative estimate of drug-likeness (QED) is 0.258. The Labute approximate surface area is 178 Å². The first-order valence-corrected chi connectivity index (χ1v) is 10.2. The number of carbonyl (C=O) groups excluding carboxylic acids is 2. The van der Waals surface area contributed by atoms with Gasteiger partial charge in [0.15, 0.2) is 0 Å². The van der Waals surface area contributed by atoms with E-state index in [0.29, 0.717) is 24.0 Å². The van der Waals surface area contributed by atoms with Crippen LogP contribution < -0.4 is 0 Å². The maximum absolute atomic E-state index is 12.2. The molecule has 0 bridgehead atoms. The molecule has 6 nitrogen and oxygen atoms in total. The smallest absolute Gasteiger partial charge is 0.289 e. The van der Waals surface area contributed by atoms with Gasteiger partial charge in [-0.25, -0.2) is 9.59 Å². The molecule has 2 aromatic carbocycles. The Kier molecular flexibility index (Phi) is 10.0. The van der Waals surface area contributed by atoms with E-state index in [1.54, 1.807) is 24.3 Å². The Hall–Kier alpha value is -2.70. The lowest BCUT2D eigenvalue weighted by Crippen LogP contribution is -2.16. The van der Waals surface area contributed by atoms with E-state index in [-0.39, 0.29) is 6.29 Å². The highest BCUT2D eigenvalue weighted by atomic mass is 17.3. The van der Waals surface area contributed by atoms with Gasteiger partial charge in [0.2, 0.25) is 0 Å². The van der Waals surface area contributed by atoms with Crippen LogP contribution in [0.25, 0.3) is 0 Å². The molecule has 2 radical (unpaired) electrons. The van der Waals surface area contributed by atoms with Crippen molar-refractivity contribution in [3.05, 3.63) is 84.0 Å². The van der Waals surface area contributed by atoms with E-state index >= 15 is 0 Å². The third kappa shape index (κ3) is 7.61. The fourth-order valence-corrected chi connectivity index (χ4v) is 2.56. The summed E-state index contributed by atoms with van der Waals surface area (Å²) in [7, 11) is 0. The van der Waals surface area contributed by atoms with Crippen LogP contribution in [-0.4, -0.2) is 11.9 Å². The average molecular weight is 412 g/mol. The summed E-state index contributed by atoms with van der Waals surface area (Å²) in [5.74, 6) is -1.34. The molecule has 6 heteroatoms. The van der Waals surface area contributed by atoms with Crippen molar-refractivity contribution < 1.29 is 29.1 Å². The Bertz CT molecular complexity index is 719. The highest BCUT2D eigenvalue weighted by Gasteiger charge is 2.21. The van der Waals surface area contributed by atoms with Crippen LogP contribution in [0.2, 0.25) is 0 Å². The van der Waals surface area contributed by atoms with Gasteiger partial charge in [-0.1, -0.05) is 57.9 Å². The summed E-state index contributed by atoms with van der Waals surface area (Å²) < 4.78 is 0. The Balaban J connectivity index is 1.89. The first kappa shape index (κ1) is 23.6. The Morgan fingerprint density at radius 3 is 1.50 bits per heavy atom. The number of rotatable bonds is 12. The summed E-state index contributed by atoms with van der Waals surface area (Å²) in [4.78, 5) is 44.1. The minimum atomic E-state index is -0.669. The number of benzene rings is 2. The number of aryl methyl sites for hydroxylation is 2. The molecule has 0 aliphatic rings. The summed E-state index contributed by atoms with van der Waals surface area (Å²) in [5.41, 5.74) is 2.90. The molecule has 0 aromatic heterocycles. The molecule has 0 atom stereocenters. The van der Waals surface area contributed by atoms with Gasteiger partial charge in [0.05, 0.1) is 11.1 Å². The van der Waals surface area contributed by atoms with Crippen LogP contribution in [0.15, 0.2) is 48.5 Å². The van der Waals surface area contributed by atoms with Gasteiger partial charge in [-0.2, -0.15) is 0 Å². The minimum Gasteiger partial charge on any atom is -0.289 e. The molecule has 0 heterocycles. The van der Waals surface area contributed by atoms with E-state index in [1.807, 2.05) is 38.1 Å². The maximum atomic E-state index is 12.2. The maximum Gasteiger partial charge on any atom is 0.373 e. The van der Waals surface area contributed by atoms with Gasteiger partial charge in [0, 0.05) is 6.42 Å². The number of carbonyl (C=O) groups is 2. The van der Waals surface area contributed by atoms with E-state index in [4.69, 9.17) is 19.6 Å². The zero-order chi connectivity index (χ0) is 21.8. The molecule has 0 saturated carbocycles. The zero-order valence-electron chi connectivity index (χ0n) is 17.5. The van der Waals surface area contributed by atoms with Gasteiger partial charge >= 0.3 is 18.2 Å². The number of hydrogen-bond donors (Lipinski definition) is 0. The number of unbranched alkanes of at least 4 members (excludes halogenated alkanes) is 2. The van der Waals surface area contributed by atoms with Crippen molar-refractivity contribution in [1.82, 2.24) is 0 Å². The van der Waals surface area contributed by atoms with Gasteiger partial charge < -0.3 is 0 Å². The van der Waals surface area contributed by atoms with Crippen molar-refractivity contribution in [2.45, 2.75) is 52.4 Å². The molecule has 160 valence electrons. The molecular weight excluding hydrogens is 384 g/mol. The van der Waals surface area contributed by atoms with Gasteiger partial charge in [0.25, 0.3) is 0 Å². The molecule has 0 unspecified atom stereocenters. The first-order valence-electron chi connectivity index (χ1n) is 10.2. The zero-order valence-corrected chi connectivity index (χ0v) is 17.5. The lowest BCUT2D eigenvalue weighted by Gasteiger charge is -2.13. The Morgan fingerprint density at radius 1 is 0.700 bits per heavy atom. The van der Waals surface area contributed by atoms with Crippen molar-refractivity contribution >= 4 is 11.9 Å². The van der Waals surface area contributed by atoms with Crippen molar-refractivity contribution in [3.63, 3.8) is 0 Å². The van der Waals surface area contributed by atoms with E-state index in [9.17, 15) is 9.59 Å². The first-order chi connectivity index (χ1) is 14.6. The van der Waals surface area contributed by atoms with Gasteiger partial charge in [-0.3, -0.25) is 9.78 Å². The van der Waals surface area contributed by atoms with E-state index < -0.39 is 11.9 Å². The van der Waals surface area contributed by atoms with Crippen LogP contribution in [0.5, 0.6) is 0 Å². The van der Waals surface area contributed by atoms with E-state index in [2.05, 4.69) is 6.92 Å². The van der Waals surface area contributed by atoms with Crippen LogP contribution in [0.3, 0.4) is 0 Å². The molecular formula is C24H28O6. The molecule has 0 N–H and O–H groups in total. The summed E-state index contributed by atoms with van der Waals surface area (Å²) in [5, 5.41) is 0. The summed E-state index contributed by atoms with van der Waals surface area (Å²) >= 11 is 0.